The summed E-state index contributed by atoms with van der Waals surface area (Å²) in [6.07, 6.45) is 2.45. The number of aliphatic carboxylic acids is 1. The Morgan fingerprint density at radius 1 is 1.31 bits per heavy atom. The zero-order valence-electron chi connectivity index (χ0n) is 8.71. The van der Waals surface area contributed by atoms with Gasteiger partial charge in [-0.3, -0.25) is 0 Å². The number of rotatable bonds is 6. The van der Waals surface area contributed by atoms with Crippen LogP contribution in [0.1, 0.15) is 46.5 Å². The summed E-state index contributed by atoms with van der Waals surface area (Å²) in [5.74, 6) is -1.21. The molecule has 1 unspecified atom stereocenters. The molecule has 0 heterocycles. The van der Waals surface area contributed by atoms with Gasteiger partial charge in [0.1, 0.15) is 0 Å². The Morgan fingerprint density at radius 2 is 1.77 bits per heavy atom. The molecular weight excluding hydrogens is 168 g/mol. The molecule has 3 nitrogen and oxygen atoms in total. The number of hydrogen-bond acceptors (Lipinski definition) is 2. The predicted molar refractivity (Wildman–Crippen MR) is 51.6 cm³/mol. The molecule has 13 heavy (non-hydrogen) atoms. The summed E-state index contributed by atoms with van der Waals surface area (Å²) in [5, 5.41) is 18.9. The lowest BCUT2D eigenvalue weighted by molar-refractivity contribution is -0.166. The van der Waals surface area contributed by atoms with Crippen LogP contribution in [-0.4, -0.2) is 21.8 Å². The first-order chi connectivity index (χ1) is 6.02. The van der Waals surface area contributed by atoms with Gasteiger partial charge in [-0.05, 0) is 25.2 Å². The van der Waals surface area contributed by atoms with Gasteiger partial charge in [0.15, 0.2) is 5.60 Å². The maximum atomic E-state index is 10.9. The van der Waals surface area contributed by atoms with Gasteiger partial charge in [0, 0.05) is 0 Å². The van der Waals surface area contributed by atoms with Crippen LogP contribution in [0, 0.1) is 5.92 Å². The van der Waals surface area contributed by atoms with Crippen molar-refractivity contribution >= 4 is 5.97 Å². The van der Waals surface area contributed by atoms with E-state index in [1.54, 1.807) is 0 Å². The highest BCUT2D eigenvalue weighted by molar-refractivity contribution is 5.77. The monoisotopic (exact) mass is 188 g/mol. The van der Waals surface area contributed by atoms with E-state index in [-0.39, 0.29) is 5.92 Å². The van der Waals surface area contributed by atoms with Crippen LogP contribution < -0.4 is 0 Å². The van der Waals surface area contributed by atoms with Crippen molar-refractivity contribution < 1.29 is 15.0 Å². The van der Waals surface area contributed by atoms with Crippen LogP contribution in [0.4, 0.5) is 0 Å². The maximum Gasteiger partial charge on any atom is 0.335 e. The molecule has 78 valence electrons. The van der Waals surface area contributed by atoms with Crippen molar-refractivity contribution in [2.24, 2.45) is 5.92 Å². The van der Waals surface area contributed by atoms with Crippen molar-refractivity contribution in [1.82, 2.24) is 0 Å². The molecule has 1 atom stereocenters. The van der Waals surface area contributed by atoms with Crippen molar-refractivity contribution in [1.29, 1.82) is 0 Å². The van der Waals surface area contributed by atoms with E-state index < -0.39 is 11.6 Å². The van der Waals surface area contributed by atoms with E-state index in [1.807, 2.05) is 20.8 Å². The van der Waals surface area contributed by atoms with Gasteiger partial charge in [-0.25, -0.2) is 4.79 Å². The van der Waals surface area contributed by atoms with Gasteiger partial charge in [0.2, 0.25) is 0 Å². The van der Waals surface area contributed by atoms with Crippen LogP contribution in [0.15, 0.2) is 0 Å². The minimum atomic E-state index is -1.52. The van der Waals surface area contributed by atoms with Crippen molar-refractivity contribution in [3.63, 3.8) is 0 Å². The van der Waals surface area contributed by atoms with Gasteiger partial charge in [-0.15, -0.1) is 0 Å². The first-order valence-electron chi connectivity index (χ1n) is 4.98. The molecule has 0 aromatic rings. The van der Waals surface area contributed by atoms with Gasteiger partial charge in [0.25, 0.3) is 0 Å². The van der Waals surface area contributed by atoms with Gasteiger partial charge in [-0.2, -0.15) is 0 Å². The summed E-state index contributed by atoms with van der Waals surface area (Å²) in [6, 6.07) is 0. The van der Waals surface area contributed by atoms with Gasteiger partial charge < -0.3 is 10.2 Å². The van der Waals surface area contributed by atoms with E-state index in [0.717, 1.165) is 0 Å². The average molecular weight is 188 g/mol. The van der Waals surface area contributed by atoms with E-state index in [9.17, 15) is 9.90 Å². The zero-order valence-corrected chi connectivity index (χ0v) is 8.71. The van der Waals surface area contributed by atoms with E-state index in [1.165, 1.54) is 0 Å². The fourth-order valence-electron chi connectivity index (χ4n) is 1.83. The molecule has 0 aromatic carbocycles. The highest BCUT2D eigenvalue weighted by Gasteiger charge is 2.41. The standard InChI is InChI=1S/C10H20O3/c1-4-7-10(13,9(11)12)8(5-2)6-3/h8,13H,4-7H2,1-3H3,(H,11,12). The highest BCUT2D eigenvalue weighted by atomic mass is 16.4. The lowest BCUT2D eigenvalue weighted by Crippen LogP contribution is -2.45. The molecular formula is C10H20O3. The third-order valence-electron chi connectivity index (χ3n) is 2.66. The van der Waals surface area contributed by atoms with E-state index in [4.69, 9.17) is 5.11 Å². The molecule has 0 aliphatic rings. The number of carboxylic acids is 1. The summed E-state index contributed by atoms with van der Waals surface area (Å²) in [6.45, 7) is 5.71. The lowest BCUT2D eigenvalue weighted by atomic mass is 9.80. The summed E-state index contributed by atoms with van der Waals surface area (Å²) in [5.41, 5.74) is -1.52. The van der Waals surface area contributed by atoms with Crippen molar-refractivity contribution in [3.8, 4) is 0 Å². The van der Waals surface area contributed by atoms with E-state index in [2.05, 4.69) is 0 Å². The van der Waals surface area contributed by atoms with Crippen LogP contribution in [0.3, 0.4) is 0 Å². The van der Waals surface area contributed by atoms with Crippen molar-refractivity contribution in [2.45, 2.75) is 52.1 Å². The van der Waals surface area contributed by atoms with E-state index in [0.29, 0.717) is 25.7 Å². The average Bonchev–Trinajstić information content (AvgIpc) is 2.06. The summed E-state index contributed by atoms with van der Waals surface area (Å²) >= 11 is 0. The molecule has 0 aliphatic carbocycles. The third kappa shape index (κ3) is 2.69. The second kappa shape index (κ2) is 5.22. The summed E-state index contributed by atoms with van der Waals surface area (Å²) in [7, 11) is 0. The number of carbonyl (C=O) groups is 1. The fraction of sp³-hybridized carbons (Fsp3) is 0.900. The second-order valence-corrected chi connectivity index (χ2v) is 3.49. The Balaban J connectivity index is 4.64. The lowest BCUT2D eigenvalue weighted by Gasteiger charge is -2.30. The van der Waals surface area contributed by atoms with Crippen LogP contribution in [0.5, 0.6) is 0 Å². The molecule has 0 spiro atoms. The predicted octanol–water partition coefficient (Wildman–Crippen LogP) is 2.04. The minimum Gasteiger partial charge on any atom is -0.479 e. The molecule has 0 aromatic heterocycles. The molecule has 0 rings (SSSR count). The Kier molecular flexibility index (Phi) is 4.99. The Hall–Kier alpha value is -0.570. The Bertz CT molecular complexity index is 164. The molecule has 0 amide bonds. The SMILES string of the molecule is CCCC(O)(C(=O)O)C(CC)CC. The van der Waals surface area contributed by atoms with Crippen LogP contribution >= 0.6 is 0 Å². The van der Waals surface area contributed by atoms with Gasteiger partial charge in [0.05, 0.1) is 0 Å². The van der Waals surface area contributed by atoms with Crippen LogP contribution in [-0.2, 0) is 4.79 Å². The van der Waals surface area contributed by atoms with Gasteiger partial charge in [-0.1, -0.05) is 27.2 Å². The largest absolute Gasteiger partial charge is 0.479 e. The Labute approximate surface area is 79.8 Å². The quantitative estimate of drug-likeness (QED) is 0.670. The highest BCUT2D eigenvalue weighted by Crippen LogP contribution is 2.28. The molecule has 0 saturated carbocycles. The summed E-state index contributed by atoms with van der Waals surface area (Å²) < 4.78 is 0. The smallest absolute Gasteiger partial charge is 0.335 e. The number of carboxylic acid groups (broad SMARTS) is 1. The normalized spacial score (nSPS) is 15.8. The second-order valence-electron chi connectivity index (χ2n) is 3.49. The zero-order chi connectivity index (χ0) is 10.5. The molecule has 3 heteroatoms. The van der Waals surface area contributed by atoms with Gasteiger partial charge >= 0.3 is 5.97 Å². The molecule has 0 bridgehead atoms. The Morgan fingerprint density at radius 3 is 2.00 bits per heavy atom. The molecule has 2 N–H and O–H groups in total. The van der Waals surface area contributed by atoms with Crippen LogP contribution in [0.25, 0.3) is 0 Å². The molecule has 0 fully saturated rings. The van der Waals surface area contributed by atoms with Crippen molar-refractivity contribution in [2.75, 3.05) is 0 Å². The van der Waals surface area contributed by atoms with Crippen LogP contribution in [0.2, 0.25) is 0 Å². The van der Waals surface area contributed by atoms with E-state index >= 15 is 0 Å². The third-order valence-corrected chi connectivity index (χ3v) is 2.66. The fourth-order valence-corrected chi connectivity index (χ4v) is 1.83. The topological polar surface area (TPSA) is 57.5 Å². The molecule has 0 saturated heterocycles. The number of aliphatic hydroxyl groups is 1. The minimum absolute atomic E-state index is 0.134. The van der Waals surface area contributed by atoms with Crippen molar-refractivity contribution in [3.05, 3.63) is 0 Å². The summed E-state index contributed by atoms with van der Waals surface area (Å²) in [4.78, 5) is 10.9. The first-order valence-corrected chi connectivity index (χ1v) is 4.98. The number of hydrogen-bond donors (Lipinski definition) is 2. The molecule has 0 aliphatic heterocycles. The maximum absolute atomic E-state index is 10.9. The first kappa shape index (κ1) is 12.4. The molecule has 0 radical (unpaired) electrons.